The van der Waals surface area contributed by atoms with Crippen molar-refractivity contribution >= 4 is 28.1 Å². The summed E-state index contributed by atoms with van der Waals surface area (Å²) in [6.07, 6.45) is 2.00. The zero-order chi connectivity index (χ0) is 21.6. The van der Waals surface area contributed by atoms with Crippen LogP contribution in [0.2, 0.25) is 0 Å². The van der Waals surface area contributed by atoms with E-state index in [9.17, 15) is 13.6 Å². The molecule has 2 N–H and O–H groups in total. The Labute approximate surface area is 172 Å². The number of aromatic nitrogens is 2. The summed E-state index contributed by atoms with van der Waals surface area (Å²) in [6.45, 7) is 6.06. The van der Waals surface area contributed by atoms with E-state index in [1.54, 1.807) is 10.7 Å². The van der Waals surface area contributed by atoms with Crippen LogP contribution in [-0.4, -0.2) is 15.7 Å². The van der Waals surface area contributed by atoms with Gasteiger partial charge in [0, 0.05) is 29.6 Å². The Morgan fingerprint density at radius 2 is 1.72 bits per heavy atom. The largest absolute Gasteiger partial charge is 0.365 e. The van der Waals surface area contributed by atoms with Gasteiger partial charge in [-0.05, 0) is 54.4 Å². The highest BCUT2D eigenvalue weighted by molar-refractivity contribution is 7.17. The Hall–Kier alpha value is -3.06. The number of thiophene rings is 1. The van der Waals surface area contributed by atoms with E-state index in [1.165, 1.54) is 35.1 Å². The number of hydrogen-bond acceptors (Lipinski definition) is 3. The summed E-state index contributed by atoms with van der Waals surface area (Å²) in [7, 11) is 1.91. The minimum absolute atomic E-state index is 0.382. The highest BCUT2D eigenvalue weighted by atomic mass is 32.1. The number of nitrogens with zero attached hydrogens (tertiary/aromatic N) is 2. The van der Waals surface area contributed by atoms with Crippen LogP contribution in [0.1, 0.15) is 29.1 Å². The molecule has 29 heavy (non-hydrogen) atoms. The number of nitrogens with two attached hydrogens (primary N) is 1. The fourth-order valence-electron chi connectivity index (χ4n) is 2.65. The van der Waals surface area contributed by atoms with Crippen molar-refractivity contribution in [3.63, 3.8) is 0 Å². The Bertz CT molecular complexity index is 1100. The van der Waals surface area contributed by atoms with Crippen molar-refractivity contribution in [2.45, 2.75) is 20.8 Å². The van der Waals surface area contributed by atoms with Gasteiger partial charge in [-0.1, -0.05) is 19.9 Å². The first kappa shape index (κ1) is 22.2. The zero-order valence-electron chi connectivity index (χ0n) is 16.7. The van der Waals surface area contributed by atoms with Crippen molar-refractivity contribution in [1.82, 2.24) is 9.78 Å². The number of halogens is 2. The predicted molar refractivity (Wildman–Crippen MR) is 115 cm³/mol. The maximum atomic E-state index is 11.9. The number of hydrogen-bond donors (Lipinski definition) is 1. The fourth-order valence-corrected chi connectivity index (χ4v) is 3.59. The summed E-state index contributed by atoms with van der Waals surface area (Å²) >= 11 is 1.41. The van der Waals surface area contributed by atoms with E-state index in [0.29, 0.717) is 4.88 Å². The maximum absolute atomic E-state index is 11.9. The minimum Gasteiger partial charge on any atom is -0.365 e. The van der Waals surface area contributed by atoms with Gasteiger partial charge in [0.25, 0.3) is 5.91 Å². The lowest BCUT2D eigenvalue weighted by Gasteiger charge is -2.02. The molecule has 4 nitrogen and oxygen atoms in total. The molecule has 2 aromatic heterocycles. The van der Waals surface area contributed by atoms with Gasteiger partial charge < -0.3 is 5.73 Å². The normalized spacial score (nSPS) is 10.0. The number of benzene rings is 2. The molecule has 0 aliphatic carbocycles. The third-order valence-corrected chi connectivity index (χ3v) is 5.00. The molecule has 0 aliphatic heterocycles. The number of aryl methyl sites for hydroxylation is 2. The fraction of sp³-hybridized carbons (Fsp3) is 0.182. The summed E-state index contributed by atoms with van der Waals surface area (Å²) in [4.78, 5) is 12.8. The second-order valence-corrected chi connectivity index (χ2v) is 7.08. The van der Waals surface area contributed by atoms with E-state index in [1.807, 2.05) is 33.2 Å². The third-order valence-electron chi connectivity index (χ3n) is 3.87. The lowest BCUT2D eigenvalue weighted by Crippen LogP contribution is -2.07. The van der Waals surface area contributed by atoms with Crippen LogP contribution in [0.3, 0.4) is 0 Å². The van der Waals surface area contributed by atoms with Gasteiger partial charge in [-0.3, -0.25) is 9.48 Å². The van der Waals surface area contributed by atoms with E-state index in [-0.39, 0.29) is 5.91 Å². The van der Waals surface area contributed by atoms with E-state index in [2.05, 4.69) is 24.2 Å². The molecule has 0 unspecified atom stereocenters. The molecule has 2 heterocycles. The molecule has 7 heteroatoms. The molecule has 0 spiro atoms. The molecule has 0 bridgehead atoms. The standard InChI is InChI=1S/C14H13N3OS.C6H4F2.C2H6/c1-8-5-9-7-17(2)16-11(9)6-10(8)12-3-4-13(19-12)14(15)18;7-5-2-1-3-6(8)4-5;1-2/h3-7H,1-2H3,(H2,15,18);1-4H;1-2H3. The first-order chi connectivity index (χ1) is 13.8. The number of rotatable bonds is 2. The topological polar surface area (TPSA) is 60.9 Å². The molecular weight excluding hydrogens is 392 g/mol. The van der Waals surface area contributed by atoms with Gasteiger partial charge in [0.1, 0.15) is 11.6 Å². The zero-order valence-corrected chi connectivity index (χ0v) is 17.6. The SMILES string of the molecule is CC.Cc1cc2cn(C)nc2cc1-c1ccc(C(N)=O)s1.Fc1cccc(F)c1. The van der Waals surface area contributed by atoms with E-state index in [4.69, 9.17) is 5.73 Å². The van der Waals surface area contributed by atoms with Crippen molar-refractivity contribution in [2.75, 3.05) is 0 Å². The van der Waals surface area contributed by atoms with Gasteiger partial charge >= 0.3 is 0 Å². The summed E-state index contributed by atoms with van der Waals surface area (Å²) in [5.74, 6) is -1.46. The van der Waals surface area contributed by atoms with Crippen LogP contribution in [0.4, 0.5) is 8.78 Å². The van der Waals surface area contributed by atoms with Gasteiger partial charge in [0.2, 0.25) is 0 Å². The van der Waals surface area contributed by atoms with Gasteiger partial charge in [-0.15, -0.1) is 11.3 Å². The second-order valence-electron chi connectivity index (χ2n) is 6.00. The van der Waals surface area contributed by atoms with Crippen LogP contribution < -0.4 is 5.73 Å². The highest BCUT2D eigenvalue weighted by Gasteiger charge is 2.11. The van der Waals surface area contributed by atoms with E-state index < -0.39 is 11.6 Å². The van der Waals surface area contributed by atoms with Crippen LogP contribution in [0.15, 0.2) is 54.7 Å². The molecule has 0 fully saturated rings. The molecule has 0 radical (unpaired) electrons. The summed E-state index contributed by atoms with van der Waals surface area (Å²) < 4.78 is 25.7. The second kappa shape index (κ2) is 9.93. The van der Waals surface area contributed by atoms with Crippen LogP contribution in [0.25, 0.3) is 21.3 Å². The van der Waals surface area contributed by atoms with Crippen molar-refractivity contribution in [3.05, 3.63) is 76.8 Å². The Morgan fingerprint density at radius 3 is 2.24 bits per heavy atom. The van der Waals surface area contributed by atoms with Crippen LogP contribution in [-0.2, 0) is 7.05 Å². The van der Waals surface area contributed by atoms with E-state index >= 15 is 0 Å². The Kier molecular flexibility index (Phi) is 7.61. The average molecular weight is 416 g/mol. The summed E-state index contributed by atoms with van der Waals surface area (Å²) in [5.41, 5.74) is 8.51. The van der Waals surface area contributed by atoms with Gasteiger partial charge in [0.15, 0.2) is 0 Å². The molecule has 0 saturated heterocycles. The van der Waals surface area contributed by atoms with Gasteiger partial charge in [0.05, 0.1) is 10.4 Å². The van der Waals surface area contributed by atoms with Crippen molar-refractivity contribution in [2.24, 2.45) is 12.8 Å². The minimum atomic E-state index is -0.537. The number of carbonyl (C=O) groups excluding carboxylic acids is 1. The first-order valence-corrected chi connectivity index (χ1v) is 9.90. The molecular formula is C22H23F2N3OS. The van der Waals surface area contributed by atoms with Crippen LogP contribution in [0.5, 0.6) is 0 Å². The van der Waals surface area contributed by atoms with Crippen molar-refractivity contribution < 1.29 is 13.6 Å². The molecule has 4 aromatic rings. The van der Waals surface area contributed by atoms with Crippen molar-refractivity contribution in [1.29, 1.82) is 0 Å². The van der Waals surface area contributed by atoms with Crippen LogP contribution in [0, 0.1) is 18.6 Å². The lowest BCUT2D eigenvalue weighted by atomic mass is 10.1. The van der Waals surface area contributed by atoms with Crippen molar-refractivity contribution in [3.8, 4) is 10.4 Å². The number of carbonyl (C=O) groups is 1. The summed E-state index contributed by atoms with van der Waals surface area (Å²) in [6, 6.07) is 12.4. The molecule has 152 valence electrons. The molecule has 0 aliphatic rings. The lowest BCUT2D eigenvalue weighted by molar-refractivity contribution is 0.100. The highest BCUT2D eigenvalue weighted by Crippen LogP contribution is 2.32. The molecule has 4 rings (SSSR count). The third kappa shape index (κ3) is 5.71. The molecule has 2 aromatic carbocycles. The summed E-state index contributed by atoms with van der Waals surface area (Å²) in [5, 5.41) is 5.53. The Balaban J connectivity index is 0.000000252. The smallest absolute Gasteiger partial charge is 0.258 e. The quantitative estimate of drug-likeness (QED) is 0.456. The molecule has 1 amide bonds. The predicted octanol–water partition coefficient (Wildman–Crippen LogP) is 5.70. The number of fused-ring (bicyclic) bond motifs is 1. The number of primary amides is 1. The van der Waals surface area contributed by atoms with Crippen LogP contribution >= 0.6 is 11.3 Å². The number of amides is 1. The van der Waals surface area contributed by atoms with Gasteiger partial charge in [-0.2, -0.15) is 5.10 Å². The Morgan fingerprint density at radius 1 is 1.07 bits per heavy atom. The monoisotopic (exact) mass is 415 g/mol. The first-order valence-electron chi connectivity index (χ1n) is 9.08. The maximum Gasteiger partial charge on any atom is 0.258 e. The van der Waals surface area contributed by atoms with Gasteiger partial charge in [-0.25, -0.2) is 8.78 Å². The van der Waals surface area contributed by atoms with E-state index in [0.717, 1.165) is 27.4 Å². The average Bonchev–Trinajstić information content (AvgIpc) is 3.29. The molecule has 0 saturated carbocycles. The molecule has 0 atom stereocenters.